The molecule has 0 radical (unpaired) electrons. The standard InChI is InChI=1S/C12H21N/c1-6-8-9-10-13(11(3)4)12(5)7-2/h6-7H,1,3,8-10H2,2,4-5H3/b12-7+. The Bertz CT molecular complexity index is 201. The highest BCUT2D eigenvalue weighted by molar-refractivity contribution is 5.05. The van der Waals surface area contributed by atoms with Crippen LogP contribution in [-0.2, 0) is 0 Å². The third-order valence-corrected chi connectivity index (χ3v) is 2.09. The lowest BCUT2D eigenvalue weighted by Crippen LogP contribution is -2.20. The molecule has 0 spiro atoms. The van der Waals surface area contributed by atoms with Crippen molar-refractivity contribution in [2.75, 3.05) is 6.54 Å². The molecule has 0 amide bonds. The van der Waals surface area contributed by atoms with Crippen LogP contribution in [-0.4, -0.2) is 11.4 Å². The first-order chi connectivity index (χ1) is 6.13. The van der Waals surface area contributed by atoms with Gasteiger partial charge in [-0.1, -0.05) is 18.7 Å². The summed E-state index contributed by atoms with van der Waals surface area (Å²) >= 11 is 0. The normalized spacial score (nSPS) is 11.2. The number of nitrogens with zero attached hydrogens (tertiary/aromatic N) is 1. The second-order valence-corrected chi connectivity index (χ2v) is 3.25. The summed E-state index contributed by atoms with van der Waals surface area (Å²) in [5.41, 5.74) is 2.39. The zero-order valence-electron chi connectivity index (χ0n) is 9.14. The molecule has 13 heavy (non-hydrogen) atoms. The van der Waals surface area contributed by atoms with Crippen LogP contribution in [0, 0.1) is 0 Å². The van der Waals surface area contributed by atoms with Crippen LogP contribution in [0.1, 0.15) is 33.6 Å². The minimum atomic E-state index is 1.04. The van der Waals surface area contributed by atoms with E-state index < -0.39 is 0 Å². The molecular formula is C12H21N. The van der Waals surface area contributed by atoms with E-state index in [1.807, 2.05) is 13.0 Å². The lowest BCUT2D eigenvalue weighted by molar-refractivity contribution is 0.421. The van der Waals surface area contributed by atoms with Crippen molar-refractivity contribution < 1.29 is 0 Å². The largest absolute Gasteiger partial charge is 0.350 e. The van der Waals surface area contributed by atoms with Crippen LogP contribution in [0.5, 0.6) is 0 Å². The Kier molecular flexibility index (Phi) is 6.03. The number of allylic oxidation sites excluding steroid dienone is 4. The summed E-state index contributed by atoms with van der Waals surface area (Å²) in [5, 5.41) is 0. The molecule has 74 valence electrons. The Balaban J connectivity index is 4.11. The van der Waals surface area contributed by atoms with Gasteiger partial charge in [0.15, 0.2) is 0 Å². The first-order valence-corrected chi connectivity index (χ1v) is 4.80. The van der Waals surface area contributed by atoms with Gasteiger partial charge < -0.3 is 4.90 Å². The first kappa shape index (κ1) is 12.0. The van der Waals surface area contributed by atoms with Crippen molar-refractivity contribution in [2.24, 2.45) is 0 Å². The minimum Gasteiger partial charge on any atom is -0.350 e. The fourth-order valence-corrected chi connectivity index (χ4v) is 1.22. The summed E-state index contributed by atoms with van der Waals surface area (Å²) in [6.07, 6.45) is 6.28. The fraction of sp³-hybridized carbons (Fsp3) is 0.500. The number of rotatable bonds is 6. The molecule has 0 N–H and O–H groups in total. The van der Waals surface area contributed by atoms with E-state index in [0.717, 1.165) is 25.1 Å². The topological polar surface area (TPSA) is 3.24 Å². The van der Waals surface area contributed by atoms with Crippen molar-refractivity contribution in [1.82, 2.24) is 4.90 Å². The average molecular weight is 179 g/mol. The van der Waals surface area contributed by atoms with Gasteiger partial charge in [-0.3, -0.25) is 0 Å². The maximum atomic E-state index is 3.96. The van der Waals surface area contributed by atoms with Crippen LogP contribution in [0.15, 0.2) is 36.7 Å². The molecule has 0 rings (SSSR count). The minimum absolute atomic E-state index is 1.04. The lowest BCUT2D eigenvalue weighted by atomic mass is 10.2. The van der Waals surface area contributed by atoms with Crippen LogP contribution >= 0.6 is 0 Å². The highest BCUT2D eigenvalue weighted by Gasteiger charge is 2.03. The van der Waals surface area contributed by atoms with E-state index >= 15 is 0 Å². The predicted octanol–water partition coefficient (Wildman–Crippen LogP) is 3.71. The predicted molar refractivity (Wildman–Crippen MR) is 60.4 cm³/mol. The van der Waals surface area contributed by atoms with Gasteiger partial charge in [-0.25, -0.2) is 0 Å². The Morgan fingerprint density at radius 2 is 2.00 bits per heavy atom. The van der Waals surface area contributed by atoms with Crippen LogP contribution in [0.4, 0.5) is 0 Å². The molecule has 0 bridgehead atoms. The third-order valence-electron chi connectivity index (χ3n) is 2.09. The summed E-state index contributed by atoms with van der Waals surface area (Å²) in [6.45, 7) is 14.9. The molecule has 0 aromatic heterocycles. The maximum Gasteiger partial charge on any atom is 0.0227 e. The van der Waals surface area contributed by atoms with Gasteiger partial charge in [-0.05, 0) is 33.6 Å². The summed E-state index contributed by atoms with van der Waals surface area (Å²) in [4.78, 5) is 2.24. The molecule has 0 saturated heterocycles. The van der Waals surface area contributed by atoms with Gasteiger partial charge in [0.05, 0.1) is 0 Å². The molecule has 0 unspecified atom stereocenters. The quantitative estimate of drug-likeness (QED) is 0.444. The van der Waals surface area contributed by atoms with Gasteiger partial charge in [-0.15, -0.1) is 6.58 Å². The lowest BCUT2D eigenvalue weighted by Gasteiger charge is -2.25. The Morgan fingerprint density at radius 3 is 2.38 bits per heavy atom. The molecule has 0 aliphatic carbocycles. The summed E-state index contributed by atoms with van der Waals surface area (Å²) < 4.78 is 0. The van der Waals surface area contributed by atoms with Crippen LogP contribution in [0.2, 0.25) is 0 Å². The Labute approximate surface area is 82.4 Å². The Morgan fingerprint density at radius 1 is 1.38 bits per heavy atom. The van der Waals surface area contributed by atoms with Crippen molar-refractivity contribution in [3.63, 3.8) is 0 Å². The van der Waals surface area contributed by atoms with Crippen LogP contribution in [0.25, 0.3) is 0 Å². The zero-order chi connectivity index (χ0) is 10.3. The maximum absolute atomic E-state index is 3.96. The second kappa shape index (κ2) is 6.53. The highest BCUT2D eigenvalue weighted by atomic mass is 15.1. The van der Waals surface area contributed by atoms with E-state index in [2.05, 4.69) is 38.0 Å². The molecule has 0 fully saturated rings. The molecular weight excluding hydrogens is 158 g/mol. The number of hydrogen-bond acceptors (Lipinski definition) is 1. The van der Waals surface area contributed by atoms with E-state index in [1.54, 1.807) is 0 Å². The molecule has 0 aliphatic heterocycles. The molecule has 0 aliphatic rings. The third kappa shape index (κ3) is 4.56. The molecule has 1 nitrogen and oxygen atoms in total. The molecule has 0 aromatic carbocycles. The summed E-state index contributed by atoms with van der Waals surface area (Å²) in [7, 11) is 0. The van der Waals surface area contributed by atoms with E-state index in [4.69, 9.17) is 0 Å². The average Bonchev–Trinajstić information content (AvgIpc) is 2.11. The van der Waals surface area contributed by atoms with Crippen LogP contribution < -0.4 is 0 Å². The second-order valence-electron chi connectivity index (χ2n) is 3.25. The van der Waals surface area contributed by atoms with Gasteiger partial charge in [0, 0.05) is 17.9 Å². The SMILES string of the molecule is C=CCCCN(C(=C)C)/C(C)=C/C. The monoisotopic (exact) mass is 179 g/mol. The van der Waals surface area contributed by atoms with Crippen molar-refractivity contribution in [2.45, 2.75) is 33.6 Å². The van der Waals surface area contributed by atoms with Gasteiger partial charge in [0.1, 0.15) is 0 Å². The molecule has 1 heteroatoms. The fourth-order valence-electron chi connectivity index (χ4n) is 1.22. The van der Waals surface area contributed by atoms with E-state index in [0.29, 0.717) is 0 Å². The first-order valence-electron chi connectivity index (χ1n) is 4.80. The molecule has 0 heterocycles. The van der Waals surface area contributed by atoms with E-state index in [1.165, 1.54) is 5.70 Å². The van der Waals surface area contributed by atoms with E-state index in [9.17, 15) is 0 Å². The number of hydrogen-bond donors (Lipinski definition) is 0. The van der Waals surface area contributed by atoms with Crippen LogP contribution in [0.3, 0.4) is 0 Å². The molecule has 0 saturated carbocycles. The zero-order valence-corrected chi connectivity index (χ0v) is 9.14. The highest BCUT2D eigenvalue weighted by Crippen LogP contribution is 2.11. The van der Waals surface area contributed by atoms with Gasteiger partial charge in [0.25, 0.3) is 0 Å². The smallest absolute Gasteiger partial charge is 0.0227 e. The summed E-state index contributed by atoms with van der Waals surface area (Å²) in [5.74, 6) is 0. The Hall–Kier alpha value is -0.980. The van der Waals surface area contributed by atoms with Gasteiger partial charge in [-0.2, -0.15) is 0 Å². The van der Waals surface area contributed by atoms with Gasteiger partial charge in [0.2, 0.25) is 0 Å². The van der Waals surface area contributed by atoms with Crippen molar-refractivity contribution in [3.8, 4) is 0 Å². The molecule has 0 atom stereocenters. The van der Waals surface area contributed by atoms with E-state index in [-0.39, 0.29) is 0 Å². The van der Waals surface area contributed by atoms with Gasteiger partial charge >= 0.3 is 0 Å². The number of unbranched alkanes of at least 4 members (excludes halogenated alkanes) is 1. The van der Waals surface area contributed by atoms with Crippen molar-refractivity contribution >= 4 is 0 Å². The summed E-state index contributed by atoms with van der Waals surface area (Å²) in [6, 6.07) is 0. The molecule has 0 aromatic rings. The van der Waals surface area contributed by atoms with Crippen molar-refractivity contribution in [3.05, 3.63) is 36.7 Å². The van der Waals surface area contributed by atoms with Crippen molar-refractivity contribution in [1.29, 1.82) is 0 Å².